The molecule has 76 valence electrons. The van der Waals surface area contributed by atoms with Crippen molar-refractivity contribution >= 4 is 5.97 Å². The Balaban J connectivity index is 3.19. The van der Waals surface area contributed by atoms with Gasteiger partial charge in [-0.3, -0.25) is 4.79 Å². The van der Waals surface area contributed by atoms with Crippen LogP contribution in [0.15, 0.2) is 24.3 Å². The second-order valence-corrected chi connectivity index (χ2v) is 3.66. The Morgan fingerprint density at radius 3 is 2.57 bits per heavy atom. The van der Waals surface area contributed by atoms with Gasteiger partial charge >= 0.3 is 5.97 Å². The maximum atomic E-state index is 11.0. The van der Waals surface area contributed by atoms with E-state index in [0.29, 0.717) is 5.56 Å². The van der Waals surface area contributed by atoms with Crippen molar-refractivity contribution < 1.29 is 15.0 Å². The van der Waals surface area contributed by atoms with Gasteiger partial charge in [-0.05, 0) is 19.4 Å². The quantitative estimate of drug-likeness (QED) is 0.763. The fourth-order valence-electron chi connectivity index (χ4n) is 1.27. The van der Waals surface area contributed by atoms with Crippen molar-refractivity contribution in [2.45, 2.75) is 19.3 Å². The Labute approximate surface area is 83.0 Å². The molecule has 0 fully saturated rings. The molecule has 1 rings (SSSR count). The highest BCUT2D eigenvalue weighted by atomic mass is 16.4. The van der Waals surface area contributed by atoms with Gasteiger partial charge in [0.15, 0.2) is 0 Å². The predicted octanol–water partition coefficient (Wildman–Crippen LogP) is 1.33. The molecule has 2 N–H and O–H groups in total. The van der Waals surface area contributed by atoms with Crippen LogP contribution < -0.4 is 0 Å². The van der Waals surface area contributed by atoms with Crippen molar-refractivity contribution in [1.29, 1.82) is 0 Å². The van der Waals surface area contributed by atoms with Crippen molar-refractivity contribution in [3.05, 3.63) is 35.4 Å². The number of hydrogen-bond acceptors (Lipinski definition) is 2. The number of hydrogen-bond donors (Lipinski definition) is 2. The molecule has 1 aromatic carbocycles. The number of carboxylic acid groups (broad SMARTS) is 1. The molecule has 14 heavy (non-hydrogen) atoms. The molecule has 0 aromatic heterocycles. The lowest BCUT2D eigenvalue weighted by Crippen LogP contribution is -2.36. The zero-order valence-corrected chi connectivity index (χ0v) is 8.32. The van der Waals surface area contributed by atoms with E-state index in [2.05, 4.69) is 0 Å². The van der Waals surface area contributed by atoms with Gasteiger partial charge in [0.25, 0.3) is 0 Å². The molecular formula is C11H14O3. The summed E-state index contributed by atoms with van der Waals surface area (Å²) in [6, 6.07) is 7.19. The van der Waals surface area contributed by atoms with Crippen LogP contribution in [0.1, 0.15) is 18.1 Å². The van der Waals surface area contributed by atoms with Crippen LogP contribution in [-0.4, -0.2) is 22.8 Å². The lowest BCUT2D eigenvalue weighted by atomic mass is 9.83. The highest BCUT2D eigenvalue weighted by Gasteiger charge is 2.34. The van der Waals surface area contributed by atoms with Crippen molar-refractivity contribution in [3.63, 3.8) is 0 Å². The van der Waals surface area contributed by atoms with Crippen molar-refractivity contribution in [1.82, 2.24) is 0 Å². The summed E-state index contributed by atoms with van der Waals surface area (Å²) >= 11 is 0. The topological polar surface area (TPSA) is 57.5 Å². The number of aliphatic carboxylic acids is 1. The third kappa shape index (κ3) is 1.77. The van der Waals surface area contributed by atoms with Gasteiger partial charge in [0.2, 0.25) is 0 Å². The van der Waals surface area contributed by atoms with Crippen LogP contribution in [-0.2, 0) is 10.2 Å². The molecule has 3 nitrogen and oxygen atoms in total. The highest BCUT2D eigenvalue weighted by Crippen LogP contribution is 2.24. The molecule has 0 aliphatic carbocycles. The molecule has 0 heterocycles. The molecule has 0 saturated carbocycles. The van der Waals surface area contributed by atoms with Gasteiger partial charge in [0.1, 0.15) is 5.41 Å². The first-order valence-corrected chi connectivity index (χ1v) is 4.42. The maximum absolute atomic E-state index is 11.0. The minimum absolute atomic E-state index is 0.397. The predicted molar refractivity (Wildman–Crippen MR) is 53.3 cm³/mol. The number of aliphatic hydroxyl groups excluding tert-OH is 1. The van der Waals surface area contributed by atoms with Crippen LogP contribution in [0.4, 0.5) is 0 Å². The van der Waals surface area contributed by atoms with Crippen LogP contribution in [0.5, 0.6) is 0 Å². The third-order valence-electron chi connectivity index (χ3n) is 2.44. The normalized spacial score (nSPS) is 14.8. The molecule has 3 heteroatoms. The average Bonchev–Trinajstić information content (AvgIpc) is 2.16. The summed E-state index contributed by atoms with van der Waals surface area (Å²) in [7, 11) is 0. The standard InChI is InChI=1S/C11H14O3/c1-8-4-3-5-9(6-8)11(2,7-12)10(13)14/h3-6,12H,7H2,1-2H3,(H,13,14). The fourth-order valence-corrected chi connectivity index (χ4v) is 1.27. The van der Waals surface area contributed by atoms with Gasteiger partial charge in [-0.15, -0.1) is 0 Å². The first-order chi connectivity index (χ1) is 6.50. The molecule has 0 bridgehead atoms. The van der Waals surface area contributed by atoms with E-state index >= 15 is 0 Å². The van der Waals surface area contributed by atoms with Crippen LogP contribution in [0.2, 0.25) is 0 Å². The molecule has 0 radical (unpaired) electrons. The molecule has 0 spiro atoms. The number of aryl methyl sites for hydroxylation is 1. The molecular weight excluding hydrogens is 180 g/mol. The van der Waals surface area contributed by atoms with E-state index in [4.69, 9.17) is 10.2 Å². The van der Waals surface area contributed by atoms with E-state index in [1.54, 1.807) is 18.2 Å². The summed E-state index contributed by atoms with van der Waals surface area (Å²) in [6.07, 6.45) is 0. The smallest absolute Gasteiger partial charge is 0.316 e. The summed E-state index contributed by atoms with van der Waals surface area (Å²) in [5, 5.41) is 18.1. The summed E-state index contributed by atoms with van der Waals surface area (Å²) < 4.78 is 0. The minimum Gasteiger partial charge on any atom is -0.481 e. The average molecular weight is 194 g/mol. The third-order valence-corrected chi connectivity index (χ3v) is 2.44. The Hall–Kier alpha value is -1.35. The second-order valence-electron chi connectivity index (χ2n) is 3.66. The van der Waals surface area contributed by atoms with Gasteiger partial charge in [-0.2, -0.15) is 0 Å². The summed E-state index contributed by atoms with van der Waals surface area (Å²) in [4.78, 5) is 11.0. The van der Waals surface area contributed by atoms with E-state index < -0.39 is 18.0 Å². The van der Waals surface area contributed by atoms with E-state index in [0.717, 1.165) is 5.56 Å². The Morgan fingerprint density at radius 2 is 2.14 bits per heavy atom. The van der Waals surface area contributed by atoms with E-state index in [-0.39, 0.29) is 0 Å². The summed E-state index contributed by atoms with van der Waals surface area (Å²) in [5.74, 6) is -1.01. The zero-order chi connectivity index (χ0) is 10.8. The van der Waals surface area contributed by atoms with Crippen LogP contribution in [0.25, 0.3) is 0 Å². The van der Waals surface area contributed by atoms with Crippen molar-refractivity contribution in [2.75, 3.05) is 6.61 Å². The van der Waals surface area contributed by atoms with Gasteiger partial charge in [-0.1, -0.05) is 29.8 Å². The Bertz CT molecular complexity index is 346. The maximum Gasteiger partial charge on any atom is 0.316 e. The summed E-state index contributed by atoms with van der Waals surface area (Å²) in [6.45, 7) is 3.01. The minimum atomic E-state index is -1.20. The monoisotopic (exact) mass is 194 g/mol. The molecule has 0 saturated heterocycles. The van der Waals surface area contributed by atoms with Crippen LogP contribution in [0, 0.1) is 6.92 Å². The number of carboxylic acids is 1. The van der Waals surface area contributed by atoms with Gasteiger partial charge in [0.05, 0.1) is 6.61 Å². The van der Waals surface area contributed by atoms with Gasteiger partial charge in [-0.25, -0.2) is 0 Å². The molecule has 1 atom stereocenters. The highest BCUT2D eigenvalue weighted by molar-refractivity contribution is 5.81. The second kappa shape index (κ2) is 3.80. The number of carbonyl (C=O) groups is 1. The first-order valence-electron chi connectivity index (χ1n) is 4.42. The SMILES string of the molecule is Cc1cccc(C(C)(CO)C(=O)O)c1. The summed E-state index contributed by atoms with van der Waals surface area (Å²) in [5.41, 5.74) is 0.419. The lowest BCUT2D eigenvalue weighted by Gasteiger charge is -2.22. The van der Waals surface area contributed by atoms with Gasteiger partial charge < -0.3 is 10.2 Å². The number of aliphatic hydroxyl groups is 1. The number of rotatable bonds is 3. The van der Waals surface area contributed by atoms with Crippen molar-refractivity contribution in [3.8, 4) is 0 Å². The number of benzene rings is 1. The van der Waals surface area contributed by atoms with Crippen LogP contribution >= 0.6 is 0 Å². The first kappa shape index (κ1) is 10.7. The Kier molecular flexibility index (Phi) is 2.91. The fraction of sp³-hybridized carbons (Fsp3) is 0.364. The largest absolute Gasteiger partial charge is 0.481 e. The van der Waals surface area contributed by atoms with E-state index in [1.165, 1.54) is 6.92 Å². The molecule has 0 amide bonds. The molecule has 0 aliphatic heterocycles. The molecule has 1 unspecified atom stereocenters. The Morgan fingerprint density at radius 1 is 1.50 bits per heavy atom. The van der Waals surface area contributed by atoms with E-state index in [1.807, 2.05) is 13.0 Å². The molecule has 1 aromatic rings. The molecule has 0 aliphatic rings. The zero-order valence-electron chi connectivity index (χ0n) is 8.32. The van der Waals surface area contributed by atoms with Crippen LogP contribution in [0.3, 0.4) is 0 Å². The van der Waals surface area contributed by atoms with Gasteiger partial charge in [0, 0.05) is 0 Å². The lowest BCUT2D eigenvalue weighted by molar-refractivity contribution is -0.144. The van der Waals surface area contributed by atoms with E-state index in [9.17, 15) is 4.79 Å². The van der Waals surface area contributed by atoms with Crippen molar-refractivity contribution in [2.24, 2.45) is 0 Å².